The van der Waals surface area contributed by atoms with Gasteiger partial charge in [-0.25, -0.2) is 13.1 Å². The van der Waals surface area contributed by atoms with Crippen molar-refractivity contribution in [2.45, 2.75) is 44.2 Å². The summed E-state index contributed by atoms with van der Waals surface area (Å²) < 4.78 is 27.0. The van der Waals surface area contributed by atoms with E-state index in [1.54, 1.807) is 11.4 Å². The minimum Gasteiger partial charge on any atom is -0.312 e. The summed E-state index contributed by atoms with van der Waals surface area (Å²) in [5.41, 5.74) is 0. The summed E-state index contributed by atoms with van der Waals surface area (Å²) in [6.07, 6.45) is 2.02. The maximum Gasteiger partial charge on any atom is 0.241 e. The van der Waals surface area contributed by atoms with E-state index in [-0.39, 0.29) is 6.04 Å². The zero-order valence-corrected chi connectivity index (χ0v) is 12.4. The monoisotopic (exact) mass is 288 g/mol. The van der Waals surface area contributed by atoms with Gasteiger partial charge in [0.1, 0.15) is 0 Å². The fraction of sp³-hybridized carbons (Fsp3) is 0.667. The van der Waals surface area contributed by atoms with Gasteiger partial charge in [-0.05, 0) is 24.9 Å². The molecule has 2 rings (SSSR count). The van der Waals surface area contributed by atoms with Gasteiger partial charge < -0.3 is 5.32 Å². The van der Waals surface area contributed by atoms with E-state index < -0.39 is 10.0 Å². The molecule has 2 unspecified atom stereocenters. The first-order chi connectivity index (χ1) is 8.56. The standard InChI is InChI=1S/C12H20N2O2S2/c1-3-9-5-12(9)14-18(15,16)11-6-10(17-8-11)7-13-4-2/h6,8-9,12-14H,3-5,7H2,1-2H3. The van der Waals surface area contributed by atoms with E-state index in [1.165, 1.54) is 11.3 Å². The summed E-state index contributed by atoms with van der Waals surface area (Å²) in [6, 6.07) is 1.91. The van der Waals surface area contributed by atoms with E-state index in [2.05, 4.69) is 17.0 Å². The molecule has 0 amide bonds. The first-order valence-corrected chi connectivity index (χ1v) is 8.73. The van der Waals surface area contributed by atoms with Crippen molar-refractivity contribution in [2.75, 3.05) is 6.54 Å². The summed E-state index contributed by atoms with van der Waals surface area (Å²) in [4.78, 5) is 1.46. The average Bonchev–Trinajstić information content (AvgIpc) is 2.89. The third-order valence-electron chi connectivity index (χ3n) is 3.24. The Hall–Kier alpha value is -0.430. The smallest absolute Gasteiger partial charge is 0.241 e. The molecule has 18 heavy (non-hydrogen) atoms. The largest absolute Gasteiger partial charge is 0.312 e. The average molecular weight is 288 g/mol. The SMILES string of the molecule is CCNCc1cc(S(=O)(=O)NC2CC2CC)cs1. The Morgan fingerprint density at radius 2 is 2.22 bits per heavy atom. The van der Waals surface area contributed by atoms with E-state index in [1.807, 2.05) is 6.92 Å². The Morgan fingerprint density at radius 3 is 2.83 bits per heavy atom. The molecule has 2 N–H and O–H groups in total. The molecule has 1 heterocycles. The van der Waals surface area contributed by atoms with E-state index in [0.29, 0.717) is 10.8 Å². The molecular weight excluding hydrogens is 268 g/mol. The van der Waals surface area contributed by atoms with Crippen LogP contribution in [0.2, 0.25) is 0 Å². The summed E-state index contributed by atoms with van der Waals surface area (Å²) in [5.74, 6) is 0.527. The fourth-order valence-electron chi connectivity index (χ4n) is 1.95. The molecule has 102 valence electrons. The molecule has 1 saturated carbocycles. The van der Waals surface area contributed by atoms with Crippen LogP contribution in [0.25, 0.3) is 0 Å². The van der Waals surface area contributed by atoms with E-state index in [4.69, 9.17) is 0 Å². The van der Waals surface area contributed by atoms with Gasteiger partial charge in [0.2, 0.25) is 10.0 Å². The predicted molar refractivity (Wildman–Crippen MR) is 74.2 cm³/mol. The van der Waals surface area contributed by atoms with Crippen molar-refractivity contribution in [3.8, 4) is 0 Å². The van der Waals surface area contributed by atoms with Crippen LogP contribution in [0.1, 0.15) is 31.6 Å². The first-order valence-electron chi connectivity index (χ1n) is 6.37. The van der Waals surface area contributed by atoms with Gasteiger partial charge >= 0.3 is 0 Å². The van der Waals surface area contributed by atoms with Crippen LogP contribution in [0.5, 0.6) is 0 Å². The minimum absolute atomic E-state index is 0.150. The summed E-state index contributed by atoms with van der Waals surface area (Å²) in [5, 5.41) is 4.91. The number of hydrogen-bond donors (Lipinski definition) is 2. The van der Waals surface area contributed by atoms with E-state index in [9.17, 15) is 8.42 Å². The Morgan fingerprint density at radius 1 is 1.44 bits per heavy atom. The second-order valence-corrected chi connectivity index (χ2v) is 7.37. The lowest BCUT2D eigenvalue weighted by Crippen LogP contribution is -2.26. The van der Waals surface area contributed by atoms with Crippen LogP contribution < -0.4 is 10.0 Å². The van der Waals surface area contributed by atoms with Gasteiger partial charge in [-0.15, -0.1) is 11.3 Å². The van der Waals surface area contributed by atoms with Crippen LogP contribution in [-0.2, 0) is 16.6 Å². The second-order valence-electron chi connectivity index (χ2n) is 4.66. The van der Waals surface area contributed by atoms with Crippen LogP contribution in [0.4, 0.5) is 0 Å². The highest BCUT2D eigenvalue weighted by Crippen LogP contribution is 2.34. The predicted octanol–water partition coefficient (Wildman–Crippen LogP) is 1.93. The van der Waals surface area contributed by atoms with Crippen LogP contribution >= 0.6 is 11.3 Å². The quantitative estimate of drug-likeness (QED) is 0.806. The molecule has 0 aromatic carbocycles. The molecule has 0 aliphatic heterocycles. The molecule has 1 aliphatic rings. The lowest BCUT2D eigenvalue weighted by molar-refractivity contribution is 0.576. The van der Waals surface area contributed by atoms with Gasteiger partial charge in [0.25, 0.3) is 0 Å². The van der Waals surface area contributed by atoms with Crippen molar-refractivity contribution in [2.24, 2.45) is 5.92 Å². The Kier molecular flexibility index (Phi) is 4.42. The second kappa shape index (κ2) is 5.69. The summed E-state index contributed by atoms with van der Waals surface area (Å²) in [7, 11) is -3.31. The normalized spacial score (nSPS) is 23.2. The van der Waals surface area contributed by atoms with Gasteiger partial charge in [-0.1, -0.05) is 20.3 Å². The van der Waals surface area contributed by atoms with Crippen molar-refractivity contribution in [1.29, 1.82) is 0 Å². The maximum atomic E-state index is 12.1. The molecule has 1 aliphatic carbocycles. The summed E-state index contributed by atoms with van der Waals surface area (Å²) >= 11 is 1.49. The van der Waals surface area contributed by atoms with Gasteiger partial charge in [-0.3, -0.25) is 0 Å². The van der Waals surface area contributed by atoms with Crippen molar-refractivity contribution in [3.05, 3.63) is 16.3 Å². The van der Waals surface area contributed by atoms with Crippen molar-refractivity contribution in [1.82, 2.24) is 10.0 Å². The van der Waals surface area contributed by atoms with Gasteiger partial charge in [0, 0.05) is 22.8 Å². The molecule has 1 aromatic heterocycles. The summed E-state index contributed by atoms with van der Waals surface area (Å²) in [6.45, 7) is 5.75. The van der Waals surface area contributed by atoms with Crippen molar-refractivity contribution in [3.63, 3.8) is 0 Å². The Balaban J connectivity index is 1.99. The number of thiophene rings is 1. The molecule has 0 radical (unpaired) electrons. The number of nitrogens with one attached hydrogen (secondary N) is 2. The highest BCUT2D eigenvalue weighted by Gasteiger charge is 2.38. The fourth-order valence-corrected chi connectivity index (χ4v) is 4.52. The first kappa shape index (κ1) is 14.0. The maximum absolute atomic E-state index is 12.1. The molecule has 1 aromatic rings. The molecule has 4 nitrogen and oxygen atoms in total. The van der Waals surface area contributed by atoms with Crippen molar-refractivity contribution >= 4 is 21.4 Å². The lowest BCUT2D eigenvalue weighted by atomic mass is 10.3. The van der Waals surface area contributed by atoms with Crippen LogP contribution in [0.15, 0.2) is 16.3 Å². The minimum atomic E-state index is -3.31. The van der Waals surface area contributed by atoms with E-state index >= 15 is 0 Å². The van der Waals surface area contributed by atoms with Crippen molar-refractivity contribution < 1.29 is 8.42 Å². The Labute approximate surface area is 113 Å². The van der Waals surface area contributed by atoms with Crippen LogP contribution in [0.3, 0.4) is 0 Å². The molecule has 6 heteroatoms. The molecule has 2 atom stereocenters. The molecule has 0 bridgehead atoms. The number of sulfonamides is 1. The van der Waals surface area contributed by atoms with Gasteiger partial charge in [-0.2, -0.15) is 0 Å². The van der Waals surface area contributed by atoms with Gasteiger partial charge in [0.05, 0.1) is 4.90 Å². The topological polar surface area (TPSA) is 58.2 Å². The number of rotatable bonds is 7. The van der Waals surface area contributed by atoms with Gasteiger partial charge in [0.15, 0.2) is 0 Å². The van der Waals surface area contributed by atoms with Crippen LogP contribution in [0, 0.1) is 5.92 Å². The highest BCUT2D eigenvalue weighted by atomic mass is 32.2. The zero-order valence-electron chi connectivity index (χ0n) is 10.8. The third kappa shape index (κ3) is 3.32. The van der Waals surface area contributed by atoms with Crippen LogP contribution in [-0.4, -0.2) is 21.0 Å². The Bertz CT molecular complexity index is 496. The molecular formula is C12H20N2O2S2. The highest BCUT2D eigenvalue weighted by molar-refractivity contribution is 7.89. The molecule has 0 spiro atoms. The zero-order chi connectivity index (χ0) is 13.2. The van der Waals surface area contributed by atoms with E-state index in [0.717, 1.165) is 30.8 Å². The lowest BCUT2D eigenvalue weighted by Gasteiger charge is -2.03. The molecule has 1 fully saturated rings. The number of hydrogen-bond acceptors (Lipinski definition) is 4. The third-order valence-corrected chi connectivity index (χ3v) is 5.80. The molecule has 0 saturated heterocycles.